The summed E-state index contributed by atoms with van der Waals surface area (Å²) in [6.07, 6.45) is 3.13. The van der Waals surface area contributed by atoms with Crippen molar-refractivity contribution >= 4 is 17.2 Å². The summed E-state index contributed by atoms with van der Waals surface area (Å²) in [6.45, 7) is 1.48. The van der Waals surface area contributed by atoms with E-state index in [-0.39, 0.29) is 17.5 Å². The van der Waals surface area contributed by atoms with Crippen LogP contribution in [-0.4, -0.2) is 29.0 Å². The standard InChI is InChI=1S/C16H17FN4O2/c17-14-5-1-2-6-15(14)20-9-3-4-12(11-20)19-16-8-7-13(10-18-16)21(22)23/h1-2,5-8,10,12H,3-4,9,11H2,(H,18,19). The summed E-state index contributed by atoms with van der Waals surface area (Å²) in [5, 5.41) is 13.9. The zero-order valence-corrected chi connectivity index (χ0v) is 12.5. The maximum absolute atomic E-state index is 13.9. The van der Waals surface area contributed by atoms with E-state index in [0.717, 1.165) is 19.4 Å². The van der Waals surface area contributed by atoms with Gasteiger partial charge in [0, 0.05) is 25.2 Å². The SMILES string of the molecule is O=[N+]([O-])c1ccc(NC2CCCN(c3ccccc3F)C2)nc1. The van der Waals surface area contributed by atoms with Gasteiger partial charge in [-0.3, -0.25) is 10.1 Å². The van der Waals surface area contributed by atoms with Gasteiger partial charge in [0.05, 0.1) is 10.6 Å². The molecule has 0 amide bonds. The summed E-state index contributed by atoms with van der Waals surface area (Å²) in [5.41, 5.74) is 0.572. The second-order valence-corrected chi connectivity index (χ2v) is 5.54. The summed E-state index contributed by atoms with van der Waals surface area (Å²) in [7, 11) is 0. The molecule has 2 aromatic rings. The van der Waals surface area contributed by atoms with Gasteiger partial charge in [0.15, 0.2) is 0 Å². The van der Waals surface area contributed by atoms with Crippen molar-refractivity contribution in [2.45, 2.75) is 18.9 Å². The van der Waals surface area contributed by atoms with Crippen molar-refractivity contribution in [3.8, 4) is 0 Å². The van der Waals surface area contributed by atoms with E-state index >= 15 is 0 Å². The average Bonchev–Trinajstić information content (AvgIpc) is 2.56. The number of pyridine rings is 1. The lowest BCUT2D eigenvalue weighted by Crippen LogP contribution is -2.42. The number of para-hydroxylation sites is 1. The summed E-state index contributed by atoms with van der Waals surface area (Å²) in [4.78, 5) is 16.2. The highest BCUT2D eigenvalue weighted by atomic mass is 19.1. The minimum absolute atomic E-state index is 0.0350. The molecule has 0 radical (unpaired) electrons. The molecule has 1 fully saturated rings. The van der Waals surface area contributed by atoms with Gasteiger partial charge in [0.2, 0.25) is 0 Å². The number of hydrogen-bond acceptors (Lipinski definition) is 5. The van der Waals surface area contributed by atoms with Gasteiger partial charge in [-0.05, 0) is 31.0 Å². The predicted molar refractivity (Wildman–Crippen MR) is 86.1 cm³/mol. The number of rotatable bonds is 4. The van der Waals surface area contributed by atoms with Crippen LogP contribution < -0.4 is 10.2 Å². The summed E-state index contributed by atoms with van der Waals surface area (Å²) >= 11 is 0. The molecule has 7 heteroatoms. The maximum atomic E-state index is 13.9. The molecule has 6 nitrogen and oxygen atoms in total. The minimum Gasteiger partial charge on any atom is -0.367 e. The van der Waals surface area contributed by atoms with E-state index in [1.165, 1.54) is 18.3 Å². The number of nitrogens with zero attached hydrogens (tertiary/aromatic N) is 3. The van der Waals surface area contributed by atoms with Crippen LogP contribution in [-0.2, 0) is 0 Å². The monoisotopic (exact) mass is 316 g/mol. The van der Waals surface area contributed by atoms with E-state index in [1.54, 1.807) is 18.2 Å². The maximum Gasteiger partial charge on any atom is 0.287 e. The third kappa shape index (κ3) is 3.56. The van der Waals surface area contributed by atoms with Gasteiger partial charge in [0.1, 0.15) is 17.8 Å². The first-order valence-corrected chi connectivity index (χ1v) is 7.50. The average molecular weight is 316 g/mol. The van der Waals surface area contributed by atoms with Crippen LogP contribution >= 0.6 is 0 Å². The molecule has 1 aliphatic rings. The number of hydrogen-bond donors (Lipinski definition) is 1. The Kier molecular flexibility index (Phi) is 4.36. The lowest BCUT2D eigenvalue weighted by Gasteiger charge is -2.35. The van der Waals surface area contributed by atoms with Gasteiger partial charge >= 0.3 is 0 Å². The first-order valence-electron chi connectivity index (χ1n) is 7.50. The second-order valence-electron chi connectivity index (χ2n) is 5.54. The quantitative estimate of drug-likeness (QED) is 0.693. The van der Waals surface area contributed by atoms with E-state index in [2.05, 4.69) is 10.3 Å². The van der Waals surface area contributed by atoms with Gasteiger partial charge in [-0.1, -0.05) is 12.1 Å². The summed E-state index contributed by atoms with van der Waals surface area (Å²) in [6, 6.07) is 9.89. The molecule has 23 heavy (non-hydrogen) atoms. The van der Waals surface area contributed by atoms with Crippen molar-refractivity contribution < 1.29 is 9.31 Å². The Hall–Kier alpha value is -2.70. The molecule has 1 N–H and O–H groups in total. The molecule has 3 rings (SSSR count). The molecule has 1 aliphatic heterocycles. The van der Waals surface area contributed by atoms with Gasteiger partial charge in [-0.15, -0.1) is 0 Å². The van der Waals surface area contributed by atoms with Crippen molar-refractivity contribution in [3.63, 3.8) is 0 Å². The number of halogens is 1. The number of piperidine rings is 1. The molecule has 0 bridgehead atoms. The third-order valence-electron chi connectivity index (χ3n) is 3.93. The Balaban J connectivity index is 1.67. The van der Waals surface area contributed by atoms with Crippen LogP contribution in [0.15, 0.2) is 42.6 Å². The fraction of sp³-hybridized carbons (Fsp3) is 0.312. The fourth-order valence-corrected chi connectivity index (χ4v) is 2.81. The van der Waals surface area contributed by atoms with Gasteiger partial charge in [0.25, 0.3) is 5.69 Å². The smallest absolute Gasteiger partial charge is 0.287 e. The van der Waals surface area contributed by atoms with Crippen LogP contribution in [0.25, 0.3) is 0 Å². The molecule has 1 aromatic heterocycles. The normalized spacial score (nSPS) is 17.8. The Labute approximate surface area is 133 Å². The number of benzene rings is 1. The Morgan fingerprint density at radius 3 is 2.83 bits per heavy atom. The molecule has 1 atom stereocenters. The molecular formula is C16H17FN4O2. The van der Waals surface area contributed by atoms with Crippen molar-refractivity contribution in [1.82, 2.24) is 4.98 Å². The molecule has 0 spiro atoms. The Morgan fingerprint density at radius 2 is 2.13 bits per heavy atom. The highest BCUT2D eigenvalue weighted by Crippen LogP contribution is 2.24. The van der Waals surface area contributed by atoms with Crippen LogP contribution in [0, 0.1) is 15.9 Å². The van der Waals surface area contributed by atoms with Crippen LogP contribution in [0.2, 0.25) is 0 Å². The number of aromatic nitrogens is 1. The molecule has 0 saturated carbocycles. The molecule has 1 unspecified atom stereocenters. The Morgan fingerprint density at radius 1 is 1.30 bits per heavy atom. The topological polar surface area (TPSA) is 71.3 Å². The molecule has 120 valence electrons. The van der Waals surface area contributed by atoms with E-state index in [4.69, 9.17) is 0 Å². The minimum atomic E-state index is -0.475. The van der Waals surface area contributed by atoms with Gasteiger partial charge in [-0.2, -0.15) is 0 Å². The van der Waals surface area contributed by atoms with Crippen LogP contribution in [0.4, 0.5) is 21.6 Å². The fourth-order valence-electron chi connectivity index (χ4n) is 2.81. The first kappa shape index (κ1) is 15.2. The van der Waals surface area contributed by atoms with Crippen LogP contribution in [0.1, 0.15) is 12.8 Å². The first-order chi connectivity index (χ1) is 11.1. The van der Waals surface area contributed by atoms with E-state index in [9.17, 15) is 14.5 Å². The lowest BCUT2D eigenvalue weighted by molar-refractivity contribution is -0.385. The van der Waals surface area contributed by atoms with E-state index < -0.39 is 4.92 Å². The summed E-state index contributed by atoms with van der Waals surface area (Å²) < 4.78 is 13.9. The highest BCUT2D eigenvalue weighted by Gasteiger charge is 2.22. The van der Waals surface area contributed by atoms with Crippen LogP contribution in [0.3, 0.4) is 0 Å². The largest absolute Gasteiger partial charge is 0.367 e. The van der Waals surface area contributed by atoms with Crippen molar-refractivity contribution in [3.05, 3.63) is 58.5 Å². The number of nitro groups is 1. The number of anilines is 2. The van der Waals surface area contributed by atoms with Crippen molar-refractivity contribution in [1.29, 1.82) is 0 Å². The van der Waals surface area contributed by atoms with Crippen molar-refractivity contribution in [2.75, 3.05) is 23.3 Å². The van der Waals surface area contributed by atoms with E-state index in [1.807, 2.05) is 11.0 Å². The molecule has 2 heterocycles. The zero-order valence-electron chi connectivity index (χ0n) is 12.5. The van der Waals surface area contributed by atoms with Gasteiger partial charge < -0.3 is 10.2 Å². The zero-order chi connectivity index (χ0) is 16.2. The van der Waals surface area contributed by atoms with Crippen molar-refractivity contribution in [2.24, 2.45) is 0 Å². The molecular weight excluding hydrogens is 299 g/mol. The Bertz CT molecular complexity index is 693. The van der Waals surface area contributed by atoms with Gasteiger partial charge in [-0.25, -0.2) is 9.37 Å². The second kappa shape index (κ2) is 6.60. The molecule has 0 aliphatic carbocycles. The van der Waals surface area contributed by atoms with Crippen LogP contribution in [0.5, 0.6) is 0 Å². The third-order valence-corrected chi connectivity index (χ3v) is 3.93. The predicted octanol–water partition coefficient (Wildman–Crippen LogP) is 3.21. The summed E-state index contributed by atoms with van der Waals surface area (Å²) in [5.74, 6) is 0.373. The molecule has 1 saturated heterocycles. The highest BCUT2D eigenvalue weighted by molar-refractivity contribution is 5.49. The number of nitrogens with one attached hydrogen (secondary N) is 1. The lowest BCUT2D eigenvalue weighted by atomic mass is 10.0. The van der Waals surface area contributed by atoms with E-state index in [0.29, 0.717) is 18.1 Å². The molecule has 1 aromatic carbocycles.